The summed E-state index contributed by atoms with van der Waals surface area (Å²) in [6, 6.07) is 6.02. The number of hydrogen-bond acceptors (Lipinski definition) is 3. The fraction of sp³-hybridized carbons (Fsp3) is 0.533. The van der Waals surface area contributed by atoms with Gasteiger partial charge in [-0.2, -0.15) is 8.78 Å². The highest BCUT2D eigenvalue weighted by atomic mass is 19.3. The standard InChI is InChI=1S/C15H19F2NO2/c1-2-20-14(19)15(16,17)12-7-6-8-13(11-12)18-9-4-3-5-10-18/h6-8,11H,2-5,9-10H2,1H3. The Hall–Kier alpha value is -1.65. The molecule has 1 heterocycles. The molecule has 1 fully saturated rings. The van der Waals surface area contributed by atoms with Crippen LogP contribution >= 0.6 is 0 Å². The van der Waals surface area contributed by atoms with Crippen molar-refractivity contribution in [2.75, 3.05) is 24.6 Å². The molecule has 0 atom stereocenters. The van der Waals surface area contributed by atoms with Gasteiger partial charge < -0.3 is 9.64 Å². The molecule has 0 spiro atoms. The van der Waals surface area contributed by atoms with Crippen LogP contribution in [0.2, 0.25) is 0 Å². The molecule has 1 aliphatic rings. The van der Waals surface area contributed by atoms with Crippen LogP contribution < -0.4 is 4.90 Å². The molecule has 0 saturated carbocycles. The number of carbonyl (C=O) groups excluding carboxylic acids is 1. The number of piperidine rings is 1. The first-order valence-corrected chi connectivity index (χ1v) is 6.96. The Kier molecular flexibility index (Phi) is 4.57. The summed E-state index contributed by atoms with van der Waals surface area (Å²) in [5, 5.41) is 0. The van der Waals surface area contributed by atoms with E-state index in [0.717, 1.165) is 31.6 Å². The number of hydrogen-bond donors (Lipinski definition) is 0. The van der Waals surface area contributed by atoms with Crippen molar-refractivity contribution in [2.24, 2.45) is 0 Å². The zero-order chi connectivity index (χ0) is 14.6. The number of rotatable bonds is 4. The van der Waals surface area contributed by atoms with E-state index < -0.39 is 11.9 Å². The lowest BCUT2D eigenvalue weighted by molar-refractivity contribution is -0.173. The molecule has 3 nitrogen and oxygen atoms in total. The highest BCUT2D eigenvalue weighted by molar-refractivity contribution is 5.79. The molecular formula is C15H19F2NO2. The van der Waals surface area contributed by atoms with Crippen LogP contribution in [0.15, 0.2) is 24.3 Å². The van der Waals surface area contributed by atoms with Crippen molar-refractivity contribution >= 4 is 11.7 Å². The van der Waals surface area contributed by atoms with Crippen LogP contribution in [0.1, 0.15) is 31.7 Å². The normalized spacial score (nSPS) is 16.1. The van der Waals surface area contributed by atoms with E-state index in [1.165, 1.54) is 25.5 Å². The highest BCUT2D eigenvalue weighted by Crippen LogP contribution is 2.32. The van der Waals surface area contributed by atoms with Gasteiger partial charge in [0.15, 0.2) is 0 Å². The minimum absolute atomic E-state index is 0.0553. The van der Waals surface area contributed by atoms with Crippen molar-refractivity contribution in [1.82, 2.24) is 0 Å². The van der Waals surface area contributed by atoms with Crippen molar-refractivity contribution in [2.45, 2.75) is 32.1 Å². The first kappa shape index (κ1) is 14.8. The molecule has 110 valence electrons. The summed E-state index contributed by atoms with van der Waals surface area (Å²) in [5.74, 6) is -5.09. The Labute approximate surface area is 117 Å². The zero-order valence-electron chi connectivity index (χ0n) is 11.6. The van der Waals surface area contributed by atoms with Gasteiger partial charge in [-0.3, -0.25) is 0 Å². The lowest BCUT2D eigenvalue weighted by Gasteiger charge is -2.29. The van der Waals surface area contributed by atoms with E-state index in [0.29, 0.717) is 0 Å². The number of halogens is 2. The monoisotopic (exact) mass is 283 g/mol. The average Bonchev–Trinajstić information content (AvgIpc) is 2.48. The number of ether oxygens (including phenoxy) is 1. The summed E-state index contributed by atoms with van der Waals surface area (Å²) >= 11 is 0. The second kappa shape index (κ2) is 6.20. The highest BCUT2D eigenvalue weighted by Gasteiger charge is 2.42. The summed E-state index contributed by atoms with van der Waals surface area (Å²) in [7, 11) is 0. The Balaban J connectivity index is 2.22. The van der Waals surface area contributed by atoms with Crippen molar-refractivity contribution < 1.29 is 18.3 Å². The fourth-order valence-corrected chi connectivity index (χ4v) is 2.39. The van der Waals surface area contributed by atoms with E-state index in [4.69, 9.17) is 0 Å². The van der Waals surface area contributed by atoms with Crippen LogP contribution in [0.4, 0.5) is 14.5 Å². The molecule has 20 heavy (non-hydrogen) atoms. The quantitative estimate of drug-likeness (QED) is 0.794. The SMILES string of the molecule is CCOC(=O)C(F)(F)c1cccc(N2CCCCC2)c1. The number of anilines is 1. The lowest BCUT2D eigenvalue weighted by Crippen LogP contribution is -2.31. The predicted molar refractivity (Wildman–Crippen MR) is 73.0 cm³/mol. The average molecular weight is 283 g/mol. The summed E-state index contributed by atoms with van der Waals surface area (Å²) in [6.45, 7) is 3.20. The van der Waals surface area contributed by atoms with E-state index >= 15 is 0 Å². The topological polar surface area (TPSA) is 29.5 Å². The summed E-state index contributed by atoms with van der Waals surface area (Å²) in [6.07, 6.45) is 3.31. The Bertz CT molecular complexity index is 471. The van der Waals surface area contributed by atoms with Gasteiger partial charge in [0, 0.05) is 24.3 Å². The first-order valence-electron chi connectivity index (χ1n) is 6.96. The maximum atomic E-state index is 14.0. The molecule has 0 amide bonds. The van der Waals surface area contributed by atoms with Crippen LogP contribution in [0.25, 0.3) is 0 Å². The second-order valence-corrected chi connectivity index (χ2v) is 4.89. The van der Waals surface area contributed by atoms with Crippen LogP contribution in [0, 0.1) is 0 Å². The number of benzene rings is 1. The maximum absolute atomic E-state index is 14.0. The fourth-order valence-electron chi connectivity index (χ4n) is 2.39. The van der Waals surface area contributed by atoms with Crippen molar-refractivity contribution in [1.29, 1.82) is 0 Å². The van der Waals surface area contributed by atoms with Gasteiger partial charge >= 0.3 is 11.9 Å². The van der Waals surface area contributed by atoms with Crippen LogP contribution in [0.3, 0.4) is 0 Å². The van der Waals surface area contributed by atoms with Gasteiger partial charge in [-0.05, 0) is 38.3 Å². The number of esters is 1. The van der Waals surface area contributed by atoms with Crippen LogP contribution in [-0.2, 0) is 15.5 Å². The van der Waals surface area contributed by atoms with Crippen LogP contribution in [0.5, 0.6) is 0 Å². The Morgan fingerprint density at radius 1 is 1.30 bits per heavy atom. The third kappa shape index (κ3) is 3.08. The van der Waals surface area contributed by atoms with E-state index in [1.54, 1.807) is 12.1 Å². The Morgan fingerprint density at radius 2 is 2.00 bits per heavy atom. The van der Waals surface area contributed by atoms with Crippen LogP contribution in [-0.4, -0.2) is 25.7 Å². The van der Waals surface area contributed by atoms with Gasteiger partial charge in [-0.1, -0.05) is 12.1 Å². The third-order valence-corrected chi connectivity index (χ3v) is 3.46. The van der Waals surface area contributed by atoms with Crippen molar-refractivity contribution in [3.8, 4) is 0 Å². The molecule has 1 aliphatic heterocycles. The first-order chi connectivity index (χ1) is 9.55. The van der Waals surface area contributed by atoms with Crippen molar-refractivity contribution in [3.05, 3.63) is 29.8 Å². The smallest absolute Gasteiger partial charge is 0.381 e. The van der Waals surface area contributed by atoms with E-state index in [-0.39, 0.29) is 12.2 Å². The predicted octanol–water partition coefficient (Wildman–Crippen LogP) is 3.33. The second-order valence-electron chi connectivity index (χ2n) is 4.89. The largest absolute Gasteiger partial charge is 0.461 e. The summed E-state index contributed by atoms with van der Waals surface area (Å²) < 4.78 is 32.4. The molecule has 0 unspecified atom stereocenters. The van der Waals surface area contributed by atoms with Gasteiger partial charge in [-0.25, -0.2) is 4.79 Å². The number of nitrogens with zero attached hydrogens (tertiary/aromatic N) is 1. The Morgan fingerprint density at radius 3 is 2.65 bits per heavy atom. The van der Waals surface area contributed by atoms with Gasteiger partial charge in [0.1, 0.15) is 0 Å². The minimum atomic E-state index is -3.60. The summed E-state index contributed by atoms with van der Waals surface area (Å²) in [4.78, 5) is 13.4. The maximum Gasteiger partial charge on any atom is 0.381 e. The lowest BCUT2D eigenvalue weighted by atomic mass is 10.1. The van der Waals surface area contributed by atoms with Gasteiger partial charge in [0.25, 0.3) is 0 Å². The third-order valence-electron chi connectivity index (χ3n) is 3.46. The summed E-state index contributed by atoms with van der Waals surface area (Å²) in [5.41, 5.74) is 0.435. The van der Waals surface area contributed by atoms with E-state index in [9.17, 15) is 13.6 Å². The molecule has 1 aromatic carbocycles. The molecule has 0 aliphatic carbocycles. The van der Waals surface area contributed by atoms with E-state index in [1.807, 2.05) is 0 Å². The molecule has 5 heteroatoms. The number of carbonyl (C=O) groups is 1. The molecule has 0 bridgehead atoms. The molecule has 2 rings (SSSR count). The molecule has 1 aromatic rings. The molecule has 0 aromatic heterocycles. The minimum Gasteiger partial charge on any atom is -0.461 e. The number of alkyl halides is 2. The van der Waals surface area contributed by atoms with Gasteiger partial charge in [0.2, 0.25) is 0 Å². The molecule has 1 saturated heterocycles. The van der Waals surface area contributed by atoms with E-state index in [2.05, 4.69) is 9.64 Å². The molecule has 0 radical (unpaired) electrons. The van der Waals surface area contributed by atoms with Gasteiger partial charge in [0.05, 0.1) is 6.61 Å². The molecular weight excluding hydrogens is 264 g/mol. The molecule has 0 N–H and O–H groups in total. The van der Waals surface area contributed by atoms with Gasteiger partial charge in [-0.15, -0.1) is 0 Å². The van der Waals surface area contributed by atoms with Crippen molar-refractivity contribution in [3.63, 3.8) is 0 Å². The zero-order valence-corrected chi connectivity index (χ0v) is 11.6.